The standard InChI is InChI=1S/C13H18ClFN2O4S/c1-17-13(9-3-4-11(15)10(14)7-9)12(8-21-17)22(18,19)16-5-6-20-2/h3-4,7,12-13,16H,5-6,8H2,1-2H3. The molecule has 1 fully saturated rings. The second-order valence-electron chi connectivity index (χ2n) is 4.93. The number of nitrogens with zero attached hydrogens (tertiary/aromatic N) is 1. The first-order valence-electron chi connectivity index (χ1n) is 6.65. The fraction of sp³-hybridized carbons (Fsp3) is 0.538. The van der Waals surface area contributed by atoms with Crippen molar-refractivity contribution in [1.29, 1.82) is 0 Å². The zero-order valence-electron chi connectivity index (χ0n) is 12.3. The second-order valence-corrected chi connectivity index (χ2v) is 7.32. The molecule has 1 aliphatic heterocycles. The molecule has 2 atom stereocenters. The number of benzene rings is 1. The van der Waals surface area contributed by atoms with E-state index in [4.69, 9.17) is 21.2 Å². The fourth-order valence-electron chi connectivity index (χ4n) is 2.37. The van der Waals surface area contributed by atoms with Gasteiger partial charge in [-0.3, -0.25) is 4.84 Å². The van der Waals surface area contributed by atoms with Crippen LogP contribution in [0.25, 0.3) is 0 Å². The first kappa shape index (κ1) is 17.6. The Kier molecular flexibility index (Phi) is 5.76. The summed E-state index contributed by atoms with van der Waals surface area (Å²) in [5.74, 6) is -0.551. The van der Waals surface area contributed by atoms with Gasteiger partial charge >= 0.3 is 0 Å². The number of hydrogen-bond donors (Lipinski definition) is 1. The van der Waals surface area contributed by atoms with Gasteiger partial charge in [0.2, 0.25) is 10.0 Å². The van der Waals surface area contributed by atoms with Gasteiger partial charge in [-0.15, -0.1) is 0 Å². The van der Waals surface area contributed by atoms with E-state index in [2.05, 4.69) is 4.72 Å². The smallest absolute Gasteiger partial charge is 0.218 e. The summed E-state index contributed by atoms with van der Waals surface area (Å²) in [5, 5.41) is 0.571. The van der Waals surface area contributed by atoms with Crippen LogP contribution in [0.2, 0.25) is 5.02 Å². The molecule has 9 heteroatoms. The predicted octanol–water partition coefficient (Wildman–Crippen LogP) is 1.33. The summed E-state index contributed by atoms with van der Waals surface area (Å²) in [6.45, 7) is 0.462. The lowest BCUT2D eigenvalue weighted by Crippen LogP contribution is -2.40. The minimum Gasteiger partial charge on any atom is -0.383 e. The molecular formula is C13H18ClFN2O4S. The SMILES string of the molecule is COCCNS(=O)(=O)C1CON(C)C1c1ccc(F)c(Cl)c1. The highest BCUT2D eigenvalue weighted by Gasteiger charge is 2.43. The predicted molar refractivity (Wildman–Crippen MR) is 80.5 cm³/mol. The van der Waals surface area contributed by atoms with E-state index in [-0.39, 0.29) is 24.8 Å². The zero-order valence-corrected chi connectivity index (χ0v) is 13.8. The van der Waals surface area contributed by atoms with Crippen LogP contribution >= 0.6 is 11.6 Å². The van der Waals surface area contributed by atoms with E-state index < -0.39 is 27.1 Å². The zero-order chi connectivity index (χ0) is 16.3. The van der Waals surface area contributed by atoms with Crippen molar-refractivity contribution < 1.29 is 22.4 Å². The Hall–Kier alpha value is -0.770. The first-order chi connectivity index (χ1) is 10.4. The minimum absolute atomic E-state index is 0.0124. The van der Waals surface area contributed by atoms with Crippen LogP contribution in [-0.4, -0.2) is 52.6 Å². The van der Waals surface area contributed by atoms with Gasteiger partial charge in [-0.05, 0) is 17.7 Å². The maximum absolute atomic E-state index is 13.3. The third-order valence-corrected chi connectivity index (χ3v) is 5.57. The molecule has 22 heavy (non-hydrogen) atoms. The van der Waals surface area contributed by atoms with Gasteiger partial charge in [-0.2, -0.15) is 5.06 Å². The molecule has 1 aliphatic rings. The van der Waals surface area contributed by atoms with Crippen LogP contribution in [0, 0.1) is 5.82 Å². The summed E-state index contributed by atoms with van der Waals surface area (Å²) < 4.78 is 45.4. The molecule has 0 aromatic heterocycles. The number of nitrogens with one attached hydrogen (secondary N) is 1. The van der Waals surface area contributed by atoms with E-state index in [1.54, 1.807) is 7.05 Å². The Balaban J connectivity index is 2.25. The van der Waals surface area contributed by atoms with Crippen LogP contribution < -0.4 is 4.72 Å². The Bertz CT molecular complexity index is 628. The highest BCUT2D eigenvalue weighted by Crippen LogP contribution is 2.34. The molecule has 1 aromatic carbocycles. The number of ether oxygens (including phenoxy) is 1. The molecule has 0 radical (unpaired) electrons. The van der Waals surface area contributed by atoms with Crippen molar-refractivity contribution in [2.45, 2.75) is 11.3 Å². The van der Waals surface area contributed by atoms with Crippen LogP contribution in [0.1, 0.15) is 11.6 Å². The van der Waals surface area contributed by atoms with Crippen LogP contribution in [0.5, 0.6) is 0 Å². The van der Waals surface area contributed by atoms with Crippen molar-refractivity contribution in [3.05, 3.63) is 34.6 Å². The Morgan fingerprint density at radius 1 is 1.55 bits per heavy atom. The van der Waals surface area contributed by atoms with Gasteiger partial charge in [0.05, 0.1) is 24.3 Å². The molecule has 1 saturated heterocycles. The van der Waals surface area contributed by atoms with Crippen molar-refractivity contribution in [1.82, 2.24) is 9.79 Å². The van der Waals surface area contributed by atoms with Gasteiger partial charge in [0.25, 0.3) is 0 Å². The van der Waals surface area contributed by atoms with Crippen molar-refractivity contribution in [2.75, 3.05) is 33.9 Å². The average Bonchev–Trinajstić information content (AvgIpc) is 2.85. The summed E-state index contributed by atoms with van der Waals surface area (Å²) in [7, 11) is -0.497. The maximum Gasteiger partial charge on any atom is 0.218 e. The third kappa shape index (κ3) is 3.76. The molecule has 124 valence electrons. The molecule has 1 aromatic rings. The average molecular weight is 353 g/mol. The van der Waals surface area contributed by atoms with E-state index in [1.165, 1.54) is 30.4 Å². The van der Waals surface area contributed by atoms with E-state index in [1.807, 2.05) is 0 Å². The summed E-state index contributed by atoms with van der Waals surface area (Å²) in [6.07, 6.45) is 0. The summed E-state index contributed by atoms with van der Waals surface area (Å²) in [4.78, 5) is 5.34. The van der Waals surface area contributed by atoms with Gasteiger partial charge < -0.3 is 4.74 Å². The quantitative estimate of drug-likeness (QED) is 0.782. The van der Waals surface area contributed by atoms with E-state index in [0.717, 1.165) is 0 Å². The van der Waals surface area contributed by atoms with Gasteiger partial charge in [-0.1, -0.05) is 17.7 Å². The lowest BCUT2D eigenvalue weighted by molar-refractivity contribution is -0.110. The summed E-state index contributed by atoms with van der Waals surface area (Å²) in [5.41, 5.74) is 0.577. The molecule has 2 rings (SSSR count). The highest BCUT2D eigenvalue weighted by atomic mass is 35.5. The molecule has 0 saturated carbocycles. The largest absolute Gasteiger partial charge is 0.383 e. The highest BCUT2D eigenvalue weighted by molar-refractivity contribution is 7.90. The van der Waals surface area contributed by atoms with Crippen molar-refractivity contribution in [3.8, 4) is 0 Å². The first-order valence-corrected chi connectivity index (χ1v) is 8.57. The Morgan fingerprint density at radius 2 is 2.27 bits per heavy atom. The van der Waals surface area contributed by atoms with Crippen molar-refractivity contribution >= 4 is 21.6 Å². The minimum atomic E-state index is -3.62. The van der Waals surface area contributed by atoms with Gasteiger partial charge in [0.15, 0.2) is 0 Å². The number of hydrogen-bond acceptors (Lipinski definition) is 5. The van der Waals surface area contributed by atoms with Crippen molar-refractivity contribution in [3.63, 3.8) is 0 Å². The van der Waals surface area contributed by atoms with E-state index in [0.29, 0.717) is 5.56 Å². The van der Waals surface area contributed by atoms with E-state index >= 15 is 0 Å². The van der Waals surface area contributed by atoms with Crippen molar-refractivity contribution in [2.24, 2.45) is 0 Å². The monoisotopic (exact) mass is 352 g/mol. The second kappa shape index (κ2) is 7.20. The van der Waals surface area contributed by atoms with Crippen LogP contribution in [0.3, 0.4) is 0 Å². The normalized spacial score (nSPS) is 23.1. The fourth-order valence-corrected chi connectivity index (χ4v) is 4.05. The summed E-state index contributed by atoms with van der Waals surface area (Å²) >= 11 is 5.79. The molecule has 0 amide bonds. The molecule has 0 bridgehead atoms. The van der Waals surface area contributed by atoms with Crippen LogP contribution in [0.15, 0.2) is 18.2 Å². The number of sulfonamides is 1. The number of halogens is 2. The van der Waals surface area contributed by atoms with Crippen LogP contribution in [0.4, 0.5) is 4.39 Å². The molecular weight excluding hydrogens is 335 g/mol. The number of rotatable bonds is 6. The van der Waals surface area contributed by atoms with Gasteiger partial charge in [0, 0.05) is 20.7 Å². The molecule has 0 aliphatic carbocycles. The van der Waals surface area contributed by atoms with Gasteiger partial charge in [-0.25, -0.2) is 17.5 Å². The molecule has 0 spiro atoms. The lowest BCUT2D eigenvalue weighted by atomic mass is 10.0. The van der Waals surface area contributed by atoms with E-state index in [9.17, 15) is 12.8 Å². The van der Waals surface area contributed by atoms with Gasteiger partial charge in [0.1, 0.15) is 11.1 Å². The topological polar surface area (TPSA) is 67.9 Å². The lowest BCUT2D eigenvalue weighted by Gasteiger charge is -2.23. The molecule has 2 unspecified atom stereocenters. The number of methoxy groups -OCH3 is 1. The summed E-state index contributed by atoms with van der Waals surface area (Å²) in [6, 6.07) is 3.57. The third-order valence-electron chi connectivity index (χ3n) is 3.48. The molecule has 1 N–H and O–H groups in total. The molecule has 1 heterocycles. The molecule has 6 nitrogen and oxygen atoms in total. The van der Waals surface area contributed by atoms with Crippen LogP contribution in [-0.2, 0) is 19.6 Å². The number of hydroxylamine groups is 2. The maximum atomic E-state index is 13.3. The Labute approximate surface area is 134 Å². The Morgan fingerprint density at radius 3 is 2.91 bits per heavy atom.